The normalized spacial score (nSPS) is 22.2. The van der Waals surface area contributed by atoms with E-state index in [1.165, 1.54) is 0 Å². The van der Waals surface area contributed by atoms with Crippen molar-refractivity contribution in [2.24, 2.45) is 4.99 Å². The Morgan fingerprint density at radius 2 is 2.31 bits per heavy atom. The van der Waals surface area contributed by atoms with E-state index in [4.69, 9.17) is 11.6 Å². The number of allylic oxidation sites excluding steroid dienone is 2. The first-order chi connectivity index (χ1) is 7.75. The summed E-state index contributed by atoms with van der Waals surface area (Å²) in [5, 5.41) is 10.2. The van der Waals surface area contributed by atoms with Gasteiger partial charge < -0.3 is 5.11 Å². The van der Waals surface area contributed by atoms with Crippen LogP contribution < -0.4 is 0 Å². The average molecular weight is 235 g/mol. The van der Waals surface area contributed by atoms with Crippen LogP contribution in [0.4, 0.5) is 0 Å². The molecule has 0 saturated heterocycles. The first-order valence-corrected chi connectivity index (χ1v) is 5.31. The number of pyridine rings is 1. The molecule has 0 radical (unpaired) electrons. The molecule has 4 heteroatoms. The summed E-state index contributed by atoms with van der Waals surface area (Å²) in [6.07, 6.45) is 5.97. The van der Waals surface area contributed by atoms with Crippen molar-refractivity contribution in [3.05, 3.63) is 53.4 Å². The predicted octanol–water partition coefficient (Wildman–Crippen LogP) is 2.08. The molecule has 1 aliphatic rings. The van der Waals surface area contributed by atoms with Gasteiger partial charge in [0.25, 0.3) is 0 Å². The fourth-order valence-electron chi connectivity index (χ4n) is 1.36. The SMILES string of the molecule is OC1C=CC(Cl)=CC1=NCc1ccccn1. The van der Waals surface area contributed by atoms with Crippen LogP contribution in [0, 0.1) is 0 Å². The molecule has 1 aromatic rings. The average Bonchev–Trinajstić information content (AvgIpc) is 2.32. The van der Waals surface area contributed by atoms with Crippen molar-refractivity contribution >= 4 is 17.3 Å². The maximum atomic E-state index is 9.62. The largest absolute Gasteiger partial charge is 0.383 e. The summed E-state index contributed by atoms with van der Waals surface area (Å²) in [4.78, 5) is 8.42. The number of rotatable bonds is 2. The minimum Gasteiger partial charge on any atom is -0.383 e. The van der Waals surface area contributed by atoms with Crippen molar-refractivity contribution in [1.29, 1.82) is 0 Å². The lowest BCUT2D eigenvalue weighted by Crippen LogP contribution is -2.18. The maximum Gasteiger partial charge on any atom is 0.114 e. The monoisotopic (exact) mass is 234 g/mol. The minimum absolute atomic E-state index is 0.446. The molecule has 16 heavy (non-hydrogen) atoms. The maximum absolute atomic E-state index is 9.62. The Bertz CT molecular complexity index is 451. The van der Waals surface area contributed by atoms with Crippen molar-refractivity contribution in [3.63, 3.8) is 0 Å². The van der Waals surface area contributed by atoms with Crippen molar-refractivity contribution in [2.75, 3.05) is 0 Å². The van der Waals surface area contributed by atoms with Crippen molar-refractivity contribution in [2.45, 2.75) is 12.6 Å². The van der Waals surface area contributed by atoms with E-state index in [1.54, 1.807) is 24.4 Å². The van der Waals surface area contributed by atoms with Gasteiger partial charge in [0.05, 0.1) is 18.0 Å². The predicted molar refractivity (Wildman–Crippen MR) is 64.5 cm³/mol. The third-order valence-corrected chi connectivity index (χ3v) is 2.41. The van der Waals surface area contributed by atoms with Crippen LogP contribution in [0.15, 0.2) is 52.6 Å². The Kier molecular flexibility index (Phi) is 3.49. The molecule has 0 bridgehead atoms. The van der Waals surface area contributed by atoms with Crippen LogP contribution in [-0.2, 0) is 6.54 Å². The Labute approximate surface area is 98.8 Å². The molecule has 0 fully saturated rings. The van der Waals surface area contributed by atoms with E-state index >= 15 is 0 Å². The lowest BCUT2D eigenvalue weighted by Gasteiger charge is -2.10. The van der Waals surface area contributed by atoms with E-state index < -0.39 is 6.10 Å². The van der Waals surface area contributed by atoms with Gasteiger partial charge in [0, 0.05) is 11.2 Å². The van der Waals surface area contributed by atoms with Crippen LogP contribution >= 0.6 is 11.6 Å². The molecule has 1 aliphatic carbocycles. The first kappa shape index (κ1) is 11.0. The summed E-state index contributed by atoms with van der Waals surface area (Å²) in [5.74, 6) is 0. The molecule has 0 saturated carbocycles. The number of nitrogens with zero attached hydrogens (tertiary/aromatic N) is 2. The number of aliphatic hydroxyl groups excluding tert-OH is 1. The zero-order chi connectivity index (χ0) is 11.4. The quantitative estimate of drug-likeness (QED) is 0.852. The molecule has 0 aliphatic heterocycles. The molecule has 0 spiro atoms. The van der Waals surface area contributed by atoms with Crippen LogP contribution in [0.2, 0.25) is 0 Å². The number of aromatic nitrogens is 1. The van der Waals surface area contributed by atoms with Gasteiger partial charge in [0.15, 0.2) is 0 Å². The smallest absolute Gasteiger partial charge is 0.114 e. The highest BCUT2D eigenvalue weighted by Crippen LogP contribution is 2.12. The number of aliphatic imine (C=N–C) groups is 1. The zero-order valence-corrected chi connectivity index (χ0v) is 9.30. The highest BCUT2D eigenvalue weighted by Gasteiger charge is 2.11. The Hall–Kier alpha value is -1.45. The van der Waals surface area contributed by atoms with Gasteiger partial charge in [0.2, 0.25) is 0 Å². The molecule has 1 unspecified atom stereocenters. The van der Waals surface area contributed by atoms with Crippen LogP contribution in [0.1, 0.15) is 5.69 Å². The van der Waals surface area contributed by atoms with Gasteiger partial charge in [-0.05, 0) is 30.4 Å². The van der Waals surface area contributed by atoms with E-state index in [9.17, 15) is 5.11 Å². The van der Waals surface area contributed by atoms with Crippen LogP contribution in [-0.4, -0.2) is 21.9 Å². The second kappa shape index (κ2) is 5.05. The van der Waals surface area contributed by atoms with Crippen LogP contribution in [0.5, 0.6) is 0 Å². The third kappa shape index (κ3) is 2.78. The summed E-state index contributed by atoms with van der Waals surface area (Å²) in [5.41, 5.74) is 1.43. The van der Waals surface area contributed by atoms with Crippen molar-refractivity contribution in [3.8, 4) is 0 Å². The van der Waals surface area contributed by atoms with Crippen molar-refractivity contribution in [1.82, 2.24) is 4.98 Å². The zero-order valence-electron chi connectivity index (χ0n) is 8.55. The van der Waals surface area contributed by atoms with Crippen LogP contribution in [0.25, 0.3) is 0 Å². The molecule has 0 aromatic carbocycles. The fourth-order valence-corrected chi connectivity index (χ4v) is 1.54. The molecular weight excluding hydrogens is 224 g/mol. The van der Waals surface area contributed by atoms with Crippen molar-refractivity contribution < 1.29 is 5.11 Å². The van der Waals surface area contributed by atoms with E-state index in [0.717, 1.165) is 5.69 Å². The molecule has 1 N–H and O–H groups in total. The fraction of sp³-hybridized carbons (Fsp3) is 0.167. The van der Waals surface area contributed by atoms with Gasteiger partial charge in [-0.1, -0.05) is 17.7 Å². The summed E-state index contributed by atoms with van der Waals surface area (Å²) in [7, 11) is 0. The van der Waals surface area contributed by atoms with E-state index in [0.29, 0.717) is 17.3 Å². The summed E-state index contributed by atoms with van der Waals surface area (Å²) in [6.45, 7) is 0.446. The number of aliphatic hydroxyl groups is 1. The molecule has 3 nitrogen and oxygen atoms in total. The number of hydrogen-bond acceptors (Lipinski definition) is 3. The Morgan fingerprint density at radius 3 is 3.06 bits per heavy atom. The second-order valence-electron chi connectivity index (χ2n) is 3.40. The van der Waals surface area contributed by atoms with Gasteiger partial charge in [-0.3, -0.25) is 9.98 Å². The van der Waals surface area contributed by atoms with E-state index in [1.807, 2.05) is 18.2 Å². The molecular formula is C12H11ClN2O. The van der Waals surface area contributed by atoms with Gasteiger partial charge in [-0.25, -0.2) is 0 Å². The molecule has 0 amide bonds. The molecule has 2 rings (SSSR count). The van der Waals surface area contributed by atoms with E-state index in [2.05, 4.69) is 9.98 Å². The lowest BCUT2D eigenvalue weighted by atomic mass is 10.1. The van der Waals surface area contributed by atoms with Gasteiger partial charge in [0.1, 0.15) is 6.10 Å². The second-order valence-corrected chi connectivity index (χ2v) is 3.83. The first-order valence-electron chi connectivity index (χ1n) is 4.93. The van der Waals surface area contributed by atoms with Gasteiger partial charge in [-0.15, -0.1) is 0 Å². The Morgan fingerprint density at radius 1 is 1.44 bits per heavy atom. The Balaban J connectivity index is 2.11. The number of hydrogen-bond donors (Lipinski definition) is 1. The third-order valence-electron chi connectivity index (χ3n) is 2.18. The molecule has 82 valence electrons. The van der Waals surface area contributed by atoms with Gasteiger partial charge >= 0.3 is 0 Å². The highest BCUT2D eigenvalue weighted by atomic mass is 35.5. The van der Waals surface area contributed by atoms with Crippen LogP contribution in [0.3, 0.4) is 0 Å². The molecule has 1 aromatic heterocycles. The topological polar surface area (TPSA) is 45.5 Å². The summed E-state index contributed by atoms with van der Waals surface area (Å²) < 4.78 is 0. The highest BCUT2D eigenvalue weighted by molar-refractivity contribution is 6.33. The minimum atomic E-state index is -0.675. The molecule has 1 atom stereocenters. The number of halogens is 1. The standard InChI is InChI=1S/C12H11ClN2O/c13-9-4-5-12(16)11(7-9)15-8-10-3-1-2-6-14-10/h1-7,12,16H,8H2. The van der Waals surface area contributed by atoms with E-state index in [-0.39, 0.29) is 0 Å². The summed E-state index contributed by atoms with van der Waals surface area (Å²) in [6, 6.07) is 5.65. The summed E-state index contributed by atoms with van der Waals surface area (Å²) >= 11 is 5.83. The van der Waals surface area contributed by atoms with Gasteiger partial charge in [-0.2, -0.15) is 0 Å². The lowest BCUT2D eigenvalue weighted by molar-refractivity contribution is 0.289. The molecule has 1 heterocycles.